The summed E-state index contributed by atoms with van der Waals surface area (Å²) < 4.78 is 20.0. The third-order valence-corrected chi connectivity index (χ3v) is 11.6. The van der Waals surface area contributed by atoms with Crippen molar-refractivity contribution in [2.24, 2.45) is 0 Å². The van der Waals surface area contributed by atoms with Crippen molar-refractivity contribution in [2.45, 2.75) is 70.2 Å². The third-order valence-electron chi connectivity index (χ3n) is 8.86. The number of amides is 2. The van der Waals surface area contributed by atoms with E-state index in [0.29, 0.717) is 63.9 Å². The maximum atomic E-state index is 14.4. The minimum absolute atomic E-state index is 0.157. The van der Waals surface area contributed by atoms with E-state index in [1.54, 1.807) is 16.7 Å². The zero-order chi connectivity index (χ0) is 31.6. The lowest BCUT2D eigenvalue weighted by Crippen LogP contribution is -2.54. The molecular formula is C36H44N3O5P. The van der Waals surface area contributed by atoms with E-state index in [0.717, 1.165) is 16.7 Å². The number of carbonyl (C=O) groups is 3. The summed E-state index contributed by atoms with van der Waals surface area (Å²) in [6.07, 6.45) is 4.65. The standard InChI is InChI=1S/C36H44N3O5P/c1-28(37-45(43,25-21-29-13-5-2-6-14-29)26-22-30-15-7-3-8-16-30)34(40)38-23-11-19-32(38)35(41)39-24-12-20-33(39)36(42)44-27-31-17-9-4-10-18-31/h2-10,13-18,28,32-33H,11-12,19-27H2,1H3,(H,37,43)/t28-,32-,33-/m0/s1. The van der Waals surface area contributed by atoms with Gasteiger partial charge in [0.2, 0.25) is 11.8 Å². The molecule has 238 valence electrons. The van der Waals surface area contributed by atoms with Crippen LogP contribution >= 0.6 is 7.29 Å². The Hall–Kier alpha value is -3.74. The monoisotopic (exact) mass is 629 g/mol. The highest BCUT2D eigenvalue weighted by Gasteiger charge is 2.43. The second-order valence-corrected chi connectivity index (χ2v) is 15.1. The van der Waals surface area contributed by atoms with Gasteiger partial charge in [0.1, 0.15) is 26.0 Å². The Morgan fingerprint density at radius 1 is 0.756 bits per heavy atom. The molecule has 2 fully saturated rings. The molecule has 0 aliphatic carbocycles. The van der Waals surface area contributed by atoms with Gasteiger partial charge in [-0.05, 0) is 62.1 Å². The van der Waals surface area contributed by atoms with Crippen LogP contribution in [0.4, 0.5) is 0 Å². The molecule has 0 saturated carbocycles. The molecular weight excluding hydrogens is 585 g/mol. The zero-order valence-electron chi connectivity index (χ0n) is 26.1. The number of rotatable bonds is 13. The molecule has 2 aliphatic heterocycles. The van der Waals surface area contributed by atoms with Gasteiger partial charge in [-0.2, -0.15) is 0 Å². The lowest BCUT2D eigenvalue weighted by Gasteiger charge is -2.33. The van der Waals surface area contributed by atoms with Crippen LogP contribution in [-0.4, -0.2) is 71.1 Å². The number of nitrogens with zero attached hydrogens (tertiary/aromatic N) is 2. The van der Waals surface area contributed by atoms with E-state index in [1.165, 1.54) is 0 Å². The van der Waals surface area contributed by atoms with E-state index in [-0.39, 0.29) is 18.4 Å². The molecule has 3 aromatic carbocycles. The minimum Gasteiger partial charge on any atom is -0.459 e. The van der Waals surface area contributed by atoms with Gasteiger partial charge in [-0.15, -0.1) is 0 Å². The van der Waals surface area contributed by atoms with Gasteiger partial charge in [0.25, 0.3) is 0 Å². The molecule has 0 radical (unpaired) electrons. The average Bonchev–Trinajstić information content (AvgIpc) is 3.77. The fourth-order valence-corrected chi connectivity index (χ4v) is 8.92. The normalized spacial score (nSPS) is 19.0. The Labute approximate surface area is 266 Å². The van der Waals surface area contributed by atoms with E-state index in [4.69, 9.17) is 4.74 Å². The first-order chi connectivity index (χ1) is 21.8. The van der Waals surface area contributed by atoms with Crippen LogP contribution in [0.1, 0.15) is 49.3 Å². The first-order valence-corrected chi connectivity index (χ1v) is 18.2. The van der Waals surface area contributed by atoms with Crippen molar-refractivity contribution in [2.75, 3.05) is 25.4 Å². The molecule has 8 nitrogen and oxygen atoms in total. The van der Waals surface area contributed by atoms with Crippen molar-refractivity contribution in [3.8, 4) is 0 Å². The van der Waals surface area contributed by atoms with Crippen LogP contribution in [0.15, 0.2) is 91.0 Å². The molecule has 5 rings (SSSR count). The molecule has 2 heterocycles. The van der Waals surface area contributed by atoms with Gasteiger partial charge in [-0.3, -0.25) is 14.7 Å². The van der Waals surface area contributed by atoms with Gasteiger partial charge in [-0.25, -0.2) is 4.79 Å². The summed E-state index contributed by atoms with van der Waals surface area (Å²) in [6, 6.07) is 27.4. The van der Waals surface area contributed by atoms with Gasteiger partial charge in [-0.1, -0.05) is 91.0 Å². The van der Waals surface area contributed by atoms with Crippen LogP contribution in [0.25, 0.3) is 0 Å². The van der Waals surface area contributed by atoms with Crippen molar-refractivity contribution >= 4 is 25.1 Å². The first kappa shape index (κ1) is 32.6. The summed E-state index contributed by atoms with van der Waals surface area (Å²) in [6.45, 7) is 2.82. The van der Waals surface area contributed by atoms with Gasteiger partial charge in [0.15, 0.2) is 0 Å². The molecule has 9 heteroatoms. The van der Waals surface area contributed by atoms with Gasteiger partial charge >= 0.3 is 5.97 Å². The molecule has 0 aromatic heterocycles. The lowest BCUT2D eigenvalue weighted by atomic mass is 10.1. The predicted octanol–water partition coefficient (Wildman–Crippen LogP) is 5.45. The SMILES string of the molecule is C[C@H](NP(=O)(CCc1ccccc1)CCc1ccccc1)C(=O)N1CCC[C@H]1C(=O)N1CCC[C@H]1C(=O)OCc1ccccc1. The van der Waals surface area contributed by atoms with Crippen LogP contribution in [0.5, 0.6) is 0 Å². The van der Waals surface area contributed by atoms with Crippen LogP contribution in [-0.2, 0) is 43.1 Å². The van der Waals surface area contributed by atoms with Gasteiger partial charge < -0.3 is 19.1 Å². The lowest BCUT2D eigenvalue weighted by molar-refractivity contribution is -0.156. The molecule has 45 heavy (non-hydrogen) atoms. The number of ether oxygens (including phenoxy) is 1. The number of likely N-dealkylation sites (tertiary alicyclic amines) is 2. The predicted molar refractivity (Wildman–Crippen MR) is 176 cm³/mol. The summed E-state index contributed by atoms with van der Waals surface area (Å²) in [5, 5.41) is 3.26. The molecule has 2 amide bonds. The maximum absolute atomic E-state index is 14.4. The summed E-state index contributed by atoms with van der Waals surface area (Å²) in [5.41, 5.74) is 3.09. The van der Waals surface area contributed by atoms with Gasteiger partial charge in [0.05, 0.1) is 6.04 Å². The Morgan fingerprint density at radius 2 is 1.24 bits per heavy atom. The minimum atomic E-state index is -2.97. The Balaban J connectivity index is 1.23. The Morgan fingerprint density at radius 3 is 1.80 bits per heavy atom. The fraction of sp³-hybridized carbons (Fsp3) is 0.417. The van der Waals surface area contributed by atoms with Crippen LogP contribution in [0, 0.1) is 0 Å². The molecule has 0 spiro atoms. The fourth-order valence-electron chi connectivity index (χ4n) is 6.39. The van der Waals surface area contributed by atoms with Gasteiger partial charge in [0, 0.05) is 25.4 Å². The molecule has 0 unspecified atom stereocenters. The Kier molecular flexibility index (Phi) is 11.2. The molecule has 2 saturated heterocycles. The van der Waals surface area contributed by atoms with Crippen LogP contribution < -0.4 is 5.09 Å². The maximum Gasteiger partial charge on any atom is 0.329 e. The summed E-state index contributed by atoms with van der Waals surface area (Å²) in [4.78, 5) is 43.9. The quantitative estimate of drug-likeness (QED) is 0.200. The van der Waals surface area contributed by atoms with E-state index >= 15 is 0 Å². The van der Waals surface area contributed by atoms with E-state index < -0.39 is 31.4 Å². The summed E-state index contributed by atoms with van der Waals surface area (Å²) >= 11 is 0. The van der Waals surface area contributed by atoms with Crippen molar-refractivity contribution in [1.29, 1.82) is 0 Å². The third kappa shape index (κ3) is 8.71. The molecule has 1 N–H and O–H groups in total. The first-order valence-electron chi connectivity index (χ1n) is 16.1. The second kappa shape index (κ2) is 15.5. The largest absolute Gasteiger partial charge is 0.459 e. The van der Waals surface area contributed by atoms with Crippen LogP contribution in [0.3, 0.4) is 0 Å². The topological polar surface area (TPSA) is 96.0 Å². The molecule has 2 aliphatic rings. The van der Waals surface area contributed by atoms with Crippen molar-refractivity contribution in [3.05, 3.63) is 108 Å². The Bertz CT molecular complexity index is 1420. The molecule has 3 aromatic rings. The van der Waals surface area contributed by atoms with Crippen molar-refractivity contribution in [1.82, 2.24) is 14.9 Å². The number of nitrogens with one attached hydrogen (secondary N) is 1. The summed E-state index contributed by atoms with van der Waals surface area (Å²) in [7, 11) is -2.97. The number of carbonyl (C=O) groups excluding carboxylic acids is 3. The number of hydrogen-bond donors (Lipinski definition) is 1. The highest BCUT2D eigenvalue weighted by Crippen LogP contribution is 2.43. The molecule has 3 atom stereocenters. The molecule has 0 bridgehead atoms. The number of aryl methyl sites for hydroxylation is 2. The number of benzene rings is 3. The average molecular weight is 630 g/mol. The highest BCUT2D eigenvalue weighted by atomic mass is 31.2. The van der Waals surface area contributed by atoms with E-state index in [1.807, 2.05) is 91.0 Å². The number of esters is 1. The van der Waals surface area contributed by atoms with Crippen LogP contribution in [0.2, 0.25) is 0 Å². The number of hydrogen-bond acceptors (Lipinski definition) is 5. The second-order valence-electron chi connectivity index (χ2n) is 12.1. The van der Waals surface area contributed by atoms with E-state index in [2.05, 4.69) is 5.09 Å². The highest BCUT2D eigenvalue weighted by molar-refractivity contribution is 7.61. The van der Waals surface area contributed by atoms with Crippen molar-refractivity contribution < 1.29 is 23.7 Å². The van der Waals surface area contributed by atoms with E-state index in [9.17, 15) is 18.9 Å². The summed E-state index contributed by atoms with van der Waals surface area (Å²) in [5.74, 6) is -0.843. The zero-order valence-corrected chi connectivity index (χ0v) is 26.9. The van der Waals surface area contributed by atoms with Crippen molar-refractivity contribution in [3.63, 3.8) is 0 Å². The smallest absolute Gasteiger partial charge is 0.329 e.